The van der Waals surface area contributed by atoms with Crippen molar-refractivity contribution in [1.82, 2.24) is 4.90 Å². The van der Waals surface area contributed by atoms with Gasteiger partial charge in [-0.2, -0.15) is 0 Å². The number of rotatable bonds is 3. The summed E-state index contributed by atoms with van der Waals surface area (Å²) in [6.07, 6.45) is 2.20. The second-order valence-corrected chi connectivity index (χ2v) is 5.64. The fourth-order valence-corrected chi connectivity index (χ4v) is 2.79. The zero-order chi connectivity index (χ0) is 13.2. The van der Waals surface area contributed by atoms with E-state index in [2.05, 4.69) is 55.1 Å². The number of aliphatic hydroxyl groups is 1. The Kier molecular flexibility index (Phi) is 3.93. The summed E-state index contributed by atoms with van der Waals surface area (Å²) in [5, 5.41) is 9.76. The molecule has 1 saturated heterocycles. The molecule has 100 valence electrons. The molecule has 0 saturated carbocycles. The number of anilines is 1. The minimum absolute atomic E-state index is 0.0952. The molecule has 1 aromatic carbocycles. The van der Waals surface area contributed by atoms with Gasteiger partial charge in [-0.1, -0.05) is 12.1 Å². The Morgan fingerprint density at radius 3 is 2.78 bits per heavy atom. The lowest BCUT2D eigenvalue weighted by Crippen LogP contribution is -2.58. The van der Waals surface area contributed by atoms with Crippen molar-refractivity contribution in [2.75, 3.05) is 38.7 Å². The third kappa shape index (κ3) is 2.52. The lowest BCUT2D eigenvalue weighted by atomic mass is 9.88. The fraction of sp³-hybridized carbons (Fsp3) is 0.600. The third-order valence-electron chi connectivity index (χ3n) is 4.17. The molecule has 3 heteroatoms. The number of hydrogen-bond acceptors (Lipinski definition) is 3. The van der Waals surface area contributed by atoms with Crippen molar-refractivity contribution in [1.29, 1.82) is 0 Å². The molecule has 3 nitrogen and oxygen atoms in total. The minimum atomic E-state index is -0.0952. The summed E-state index contributed by atoms with van der Waals surface area (Å²) in [5.41, 5.74) is 2.47. The SMILES string of the molecule is Cc1cccc(N2CCCC(CO)(N(C)C)C2)c1. The summed E-state index contributed by atoms with van der Waals surface area (Å²) >= 11 is 0. The average molecular weight is 248 g/mol. The predicted octanol–water partition coefficient (Wildman–Crippen LogP) is 1.89. The number of nitrogens with zero attached hydrogens (tertiary/aromatic N) is 2. The molecule has 1 N–H and O–H groups in total. The summed E-state index contributed by atoms with van der Waals surface area (Å²) in [4.78, 5) is 4.57. The molecule has 2 rings (SSSR count). The van der Waals surface area contributed by atoms with Gasteiger partial charge in [0.2, 0.25) is 0 Å². The Labute approximate surface area is 110 Å². The summed E-state index contributed by atoms with van der Waals surface area (Å²) < 4.78 is 0. The van der Waals surface area contributed by atoms with Gasteiger partial charge in [-0.25, -0.2) is 0 Å². The van der Waals surface area contributed by atoms with Gasteiger partial charge in [-0.15, -0.1) is 0 Å². The number of piperidine rings is 1. The standard InChI is InChI=1S/C15H24N2O/c1-13-6-4-7-14(10-13)17-9-5-8-15(11-17,12-18)16(2)3/h4,6-7,10,18H,5,8-9,11-12H2,1-3H3. The largest absolute Gasteiger partial charge is 0.394 e. The van der Waals surface area contributed by atoms with Crippen LogP contribution in [0.3, 0.4) is 0 Å². The lowest BCUT2D eigenvalue weighted by molar-refractivity contribution is 0.0547. The highest BCUT2D eigenvalue weighted by atomic mass is 16.3. The van der Waals surface area contributed by atoms with E-state index in [4.69, 9.17) is 0 Å². The van der Waals surface area contributed by atoms with Crippen LogP contribution in [0.4, 0.5) is 5.69 Å². The predicted molar refractivity (Wildman–Crippen MR) is 76.1 cm³/mol. The second-order valence-electron chi connectivity index (χ2n) is 5.64. The van der Waals surface area contributed by atoms with Gasteiger partial charge in [0.05, 0.1) is 12.1 Å². The third-order valence-corrected chi connectivity index (χ3v) is 4.17. The van der Waals surface area contributed by atoms with Gasteiger partial charge >= 0.3 is 0 Å². The van der Waals surface area contributed by atoms with Crippen molar-refractivity contribution in [3.8, 4) is 0 Å². The molecule has 1 atom stereocenters. The highest BCUT2D eigenvalue weighted by Gasteiger charge is 2.36. The first-order chi connectivity index (χ1) is 8.57. The Balaban J connectivity index is 2.20. The van der Waals surface area contributed by atoms with Gasteiger partial charge < -0.3 is 10.0 Å². The first kappa shape index (κ1) is 13.4. The molecule has 0 radical (unpaired) electrons. The van der Waals surface area contributed by atoms with Crippen LogP contribution in [0, 0.1) is 6.92 Å². The van der Waals surface area contributed by atoms with Crippen molar-refractivity contribution in [3.05, 3.63) is 29.8 Å². The van der Waals surface area contributed by atoms with E-state index in [1.165, 1.54) is 11.3 Å². The molecule has 0 aromatic heterocycles. The van der Waals surface area contributed by atoms with E-state index in [-0.39, 0.29) is 12.1 Å². The van der Waals surface area contributed by atoms with E-state index in [1.807, 2.05) is 0 Å². The van der Waals surface area contributed by atoms with Crippen LogP contribution < -0.4 is 4.90 Å². The molecule has 1 fully saturated rings. The van der Waals surface area contributed by atoms with E-state index < -0.39 is 0 Å². The van der Waals surface area contributed by atoms with Crippen LogP contribution >= 0.6 is 0 Å². The van der Waals surface area contributed by atoms with Gasteiger partial charge in [-0.3, -0.25) is 4.90 Å². The molecule has 0 amide bonds. The summed E-state index contributed by atoms with van der Waals surface area (Å²) in [6.45, 7) is 4.33. The first-order valence-corrected chi connectivity index (χ1v) is 6.67. The van der Waals surface area contributed by atoms with Crippen molar-refractivity contribution >= 4 is 5.69 Å². The molecular formula is C15H24N2O. The zero-order valence-corrected chi connectivity index (χ0v) is 11.7. The van der Waals surface area contributed by atoms with Gasteiger partial charge in [0, 0.05) is 18.8 Å². The Hall–Kier alpha value is -1.06. The Morgan fingerprint density at radius 2 is 2.17 bits per heavy atom. The molecule has 0 aliphatic carbocycles. The fourth-order valence-electron chi connectivity index (χ4n) is 2.79. The molecular weight excluding hydrogens is 224 g/mol. The molecule has 18 heavy (non-hydrogen) atoms. The van der Waals surface area contributed by atoms with Gasteiger partial charge in [-0.05, 0) is 51.6 Å². The summed E-state index contributed by atoms with van der Waals surface area (Å²) in [7, 11) is 4.13. The first-order valence-electron chi connectivity index (χ1n) is 6.67. The smallest absolute Gasteiger partial charge is 0.0632 e. The average Bonchev–Trinajstić information content (AvgIpc) is 2.38. The highest BCUT2D eigenvalue weighted by molar-refractivity contribution is 5.49. The van der Waals surface area contributed by atoms with Gasteiger partial charge in [0.15, 0.2) is 0 Å². The number of aliphatic hydroxyl groups excluding tert-OH is 1. The molecule has 0 bridgehead atoms. The van der Waals surface area contributed by atoms with E-state index in [1.54, 1.807) is 0 Å². The molecule has 1 aliphatic rings. The van der Waals surface area contributed by atoms with Crippen LogP contribution in [-0.2, 0) is 0 Å². The van der Waals surface area contributed by atoms with E-state index in [9.17, 15) is 5.11 Å². The van der Waals surface area contributed by atoms with Crippen LogP contribution in [0.2, 0.25) is 0 Å². The topological polar surface area (TPSA) is 26.7 Å². The van der Waals surface area contributed by atoms with E-state index >= 15 is 0 Å². The monoisotopic (exact) mass is 248 g/mol. The molecule has 0 spiro atoms. The Bertz CT molecular complexity index is 405. The van der Waals surface area contributed by atoms with Crippen LogP contribution in [0.5, 0.6) is 0 Å². The van der Waals surface area contributed by atoms with Crippen LogP contribution in [0.25, 0.3) is 0 Å². The van der Waals surface area contributed by atoms with Gasteiger partial charge in [0.25, 0.3) is 0 Å². The second kappa shape index (κ2) is 5.29. The van der Waals surface area contributed by atoms with Crippen LogP contribution in [0.15, 0.2) is 24.3 Å². The summed E-state index contributed by atoms with van der Waals surface area (Å²) in [5.74, 6) is 0. The molecule has 1 heterocycles. The van der Waals surface area contributed by atoms with Crippen LogP contribution in [0.1, 0.15) is 18.4 Å². The minimum Gasteiger partial charge on any atom is -0.394 e. The number of benzene rings is 1. The number of likely N-dealkylation sites (N-methyl/N-ethyl adjacent to an activating group) is 1. The molecule has 1 unspecified atom stereocenters. The Morgan fingerprint density at radius 1 is 1.39 bits per heavy atom. The van der Waals surface area contributed by atoms with Crippen molar-refractivity contribution in [3.63, 3.8) is 0 Å². The quantitative estimate of drug-likeness (QED) is 0.885. The highest BCUT2D eigenvalue weighted by Crippen LogP contribution is 2.29. The van der Waals surface area contributed by atoms with Crippen molar-refractivity contribution in [2.24, 2.45) is 0 Å². The number of aryl methyl sites for hydroxylation is 1. The summed E-state index contributed by atoms with van der Waals surface area (Å²) in [6, 6.07) is 8.62. The van der Waals surface area contributed by atoms with E-state index in [0.717, 1.165) is 25.9 Å². The maximum absolute atomic E-state index is 9.76. The van der Waals surface area contributed by atoms with Crippen molar-refractivity contribution in [2.45, 2.75) is 25.3 Å². The van der Waals surface area contributed by atoms with E-state index in [0.29, 0.717) is 0 Å². The number of hydrogen-bond donors (Lipinski definition) is 1. The normalized spacial score (nSPS) is 24.6. The van der Waals surface area contributed by atoms with Crippen molar-refractivity contribution < 1.29 is 5.11 Å². The lowest BCUT2D eigenvalue weighted by Gasteiger charge is -2.46. The maximum atomic E-state index is 9.76. The molecule has 1 aliphatic heterocycles. The zero-order valence-electron chi connectivity index (χ0n) is 11.7. The molecule has 1 aromatic rings. The maximum Gasteiger partial charge on any atom is 0.0632 e. The van der Waals surface area contributed by atoms with Crippen LogP contribution in [-0.4, -0.2) is 49.3 Å². The van der Waals surface area contributed by atoms with Gasteiger partial charge in [0.1, 0.15) is 0 Å².